The maximum Gasteiger partial charge on any atom is 0.343 e. The molecular weight excluding hydrogens is 857 g/mol. The number of benzene rings is 6. The van der Waals surface area contributed by atoms with Gasteiger partial charge in [-0.25, -0.2) is 19.2 Å². The lowest BCUT2D eigenvalue weighted by Crippen LogP contribution is -2.08. The SMILES string of the molecule is C=CC(=O)OCCCCOc1ccc(C(=O)Oc2ccc(C#Cc3ccc(-c4ccc(C#Cc5ccc(OC(=O)c6ccc(OCCCCOC(=O)C=C)cc6)cc5)cc4C)c(C)c3)cc2)cc1. The van der Waals surface area contributed by atoms with Crippen molar-refractivity contribution < 1.29 is 47.6 Å². The largest absolute Gasteiger partial charge is 0.494 e. The topological polar surface area (TPSA) is 124 Å². The summed E-state index contributed by atoms with van der Waals surface area (Å²) < 4.78 is 32.5. The zero-order chi connectivity index (χ0) is 48.1. The Hall–Kier alpha value is -8.60. The average Bonchev–Trinajstić information content (AvgIpc) is 3.36. The van der Waals surface area contributed by atoms with Crippen LogP contribution < -0.4 is 18.9 Å². The molecule has 0 aliphatic heterocycles. The van der Waals surface area contributed by atoms with Crippen LogP contribution in [0.4, 0.5) is 0 Å². The van der Waals surface area contributed by atoms with Crippen LogP contribution in [0.15, 0.2) is 159 Å². The minimum absolute atomic E-state index is 0.308. The first-order valence-corrected chi connectivity index (χ1v) is 22.0. The highest BCUT2D eigenvalue weighted by molar-refractivity contribution is 5.92. The number of esters is 4. The fourth-order valence-corrected chi connectivity index (χ4v) is 6.55. The molecule has 0 bridgehead atoms. The molecule has 68 heavy (non-hydrogen) atoms. The van der Waals surface area contributed by atoms with Gasteiger partial charge in [0.1, 0.15) is 23.0 Å². The molecule has 6 aromatic rings. The molecule has 0 heterocycles. The molecule has 0 N–H and O–H groups in total. The van der Waals surface area contributed by atoms with E-state index in [0.717, 1.165) is 56.7 Å². The molecular formula is C58H50O10. The fraction of sp³-hybridized carbons (Fsp3) is 0.172. The van der Waals surface area contributed by atoms with Crippen molar-refractivity contribution in [3.63, 3.8) is 0 Å². The number of unbranched alkanes of at least 4 members (excludes halogenated alkanes) is 2. The van der Waals surface area contributed by atoms with Gasteiger partial charge in [0.2, 0.25) is 0 Å². The van der Waals surface area contributed by atoms with Crippen LogP contribution in [0, 0.1) is 37.5 Å². The number of ether oxygens (including phenoxy) is 6. The summed E-state index contributed by atoms with van der Waals surface area (Å²) in [6.07, 6.45) is 5.02. The van der Waals surface area contributed by atoms with E-state index in [9.17, 15) is 19.2 Å². The van der Waals surface area contributed by atoms with Gasteiger partial charge in [-0.1, -0.05) is 49.0 Å². The molecule has 0 radical (unpaired) electrons. The Bertz CT molecular complexity index is 2660. The van der Waals surface area contributed by atoms with E-state index in [1.807, 2.05) is 36.4 Å². The van der Waals surface area contributed by atoms with Gasteiger partial charge in [0.15, 0.2) is 0 Å². The number of carbonyl (C=O) groups is 4. The summed E-state index contributed by atoms with van der Waals surface area (Å²) in [6, 6.07) is 39.9. The molecule has 10 heteroatoms. The van der Waals surface area contributed by atoms with Crippen molar-refractivity contribution in [2.45, 2.75) is 39.5 Å². The molecule has 0 saturated carbocycles. The van der Waals surface area contributed by atoms with E-state index < -0.39 is 23.9 Å². The van der Waals surface area contributed by atoms with Crippen molar-refractivity contribution in [1.29, 1.82) is 0 Å². The van der Waals surface area contributed by atoms with E-state index in [4.69, 9.17) is 28.4 Å². The first kappa shape index (κ1) is 48.8. The molecule has 6 rings (SSSR count). The Balaban J connectivity index is 0.949. The Labute approximate surface area is 397 Å². The third-order valence-corrected chi connectivity index (χ3v) is 10.2. The van der Waals surface area contributed by atoms with Gasteiger partial charge < -0.3 is 28.4 Å². The van der Waals surface area contributed by atoms with Crippen molar-refractivity contribution in [2.75, 3.05) is 26.4 Å². The summed E-state index contributed by atoms with van der Waals surface area (Å²) >= 11 is 0. The minimum atomic E-state index is -0.485. The van der Waals surface area contributed by atoms with E-state index in [1.54, 1.807) is 72.8 Å². The zero-order valence-corrected chi connectivity index (χ0v) is 38.0. The first-order valence-electron chi connectivity index (χ1n) is 22.0. The molecule has 0 aliphatic rings. The molecule has 6 aromatic carbocycles. The Morgan fingerprint density at radius 3 is 1.10 bits per heavy atom. The second-order valence-corrected chi connectivity index (χ2v) is 15.3. The molecule has 0 unspecified atom stereocenters. The Kier molecular flexibility index (Phi) is 18.1. The molecule has 0 aliphatic carbocycles. The van der Waals surface area contributed by atoms with E-state index in [1.165, 1.54) is 0 Å². The summed E-state index contributed by atoms with van der Waals surface area (Å²) in [4.78, 5) is 47.7. The molecule has 0 amide bonds. The van der Waals surface area contributed by atoms with Crippen molar-refractivity contribution in [3.05, 3.63) is 203 Å². The summed E-state index contributed by atoms with van der Waals surface area (Å²) in [5.74, 6) is 13.1. The second-order valence-electron chi connectivity index (χ2n) is 15.3. The van der Waals surface area contributed by atoms with Crippen LogP contribution in [0.2, 0.25) is 0 Å². The second kappa shape index (κ2) is 25.2. The highest BCUT2D eigenvalue weighted by Gasteiger charge is 2.12. The van der Waals surface area contributed by atoms with Gasteiger partial charge in [0.05, 0.1) is 37.6 Å². The predicted molar refractivity (Wildman–Crippen MR) is 261 cm³/mol. The van der Waals surface area contributed by atoms with Crippen LogP contribution in [0.25, 0.3) is 11.1 Å². The molecule has 0 spiro atoms. The van der Waals surface area contributed by atoms with E-state index >= 15 is 0 Å². The maximum atomic E-state index is 12.8. The lowest BCUT2D eigenvalue weighted by molar-refractivity contribution is -0.138. The quantitative estimate of drug-likeness (QED) is 0.0255. The molecule has 10 nitrogen and oxygen atoms in total. The van der Waals surface area contributed by atoms with Crippen LogP contribution in [-0.2, 0) is 19.1 Å². The van der Waals surface area contributed by atoms with E-state index in [2.05, 4.69) is 75.0 Å². The van der Waals surface area contributed by atoms with Gasteiger partial charge in [0, 0.05) is 34.4 Å². The van der Waals surface area contributed by atoms with Crippen LogP contribution >= 0.6 is 0 Å². The standard InChI is InChI=1S/C58H50O10/c1-5-55(59)65-37-9-7-35-63-49-29-21-47(22-30-49)57(61)67-51-25-15-43(16-26-51)11-13-45-19-33-53(41(3)39-45)54-34-20-46(40-42(54)4)14-12-44-17-27-52(28-18-44)68-58(62)48-23-31-50(32-24-48)64-36-8-10-38-66-56(60)6-2/h5-6,15-34,39-40H,1-2,7-10,35-38H2,3-4H3. The summed E-state index contributed by atoms with van der Waals surface area (Å²) in [6.45, 7) is 12.4. The first-order chi connectivity index (χ1) is 33.1. The minimum Gasteiger partial charge on any atom is -0.494 e. The van der Waals surface area contributed by atoms with Crippen molar-refractivity contribution in [3.8, 4) is 57.8 Å². The van der Waals surface area contributed by atoms with Gasteiger partial charge in [-0.15, -0.1) is 0 Å². The summed E-state index contributed by atoms with van der Waals surface area (Å²) in [5, 5.41) is 0. The third kappa shape index (κ3) is 15.3. The van der Waals surface area contributed by atoms with Gasteiger partial charge in [-0.2, -0.15) is 0 Å². The zero-order valence-electron chi connectivity index (χ0n) is 38.0. The smallest absolute Gasteiger partial charge is 0.343 e. The molecule has 0 fully saturated rings. The number of hydrogen-bond donors (Lipinski definition) is 0. The van der Waals surface area contributed by atoms with Gasteiger partial charge in [-0.3, -0.25) is 0 Å². The fourth-order valence-electron chi connectivity index (χ4n) is 6.55. The van der Waals surface area contributed by atoms with E-state index in [0.29, 0.717) is 86.2 Å². The Morgan fingerprint density at radius 1 is 0.426 bits per heavy atom. The van der Waals surface area contributed by atoms with Gasteiger partial charge >= 0.3 is 23.9 Å². The van der Waals surface area contributed by atoms with Crippen LogP contribution in [0.3, 0.4) is 0 Å². The predicted octanol–water partition coefficient (Wildman–Crippen LogP) is 11.0. The number of rotatable bonds is 19. The molecule has 342 valence electrons. The van der Waals surface area contributed by atoms with E-state index in [-0.39, 0.29) is 0 Å². The summed E-state index contributed by atoms with van der Waals surface area (Å²) in [5.41, 5.74) is 8.47. The van der Waals surface area contributed by atoms with Crippen molar-refractivity contribution in [2.24, 2.45) is 0 Å². The highest BCUT2D eigenvalue weighted by Crippen LogP contribution is 2.28. The Morgan fingerprint density at radius 2 is 0.750 bits per heavy atom. The lowest BCUT2D eigenvalue weighted by atomic mass is 9.94. The normalized spacial score (nSPS) is 10.2. The third-order valence-electron chi connectivity index (χ3n) is 10.2. The number of hydrogen-bond acceptors (Lipinski definition) is 10. The van der Waals surface area contributed by atoms with Crippen LogP contribution in [-0.4, -0.2) is 50.3 Å². The number of carbonyl (C=O) groups excluding carboxylic acids is 4. The molecule has 0 saturated heterocycles. The van der Waals surface area contributed by atoms with Gasteiger partial charge in [-0.05, 0) is 183 Å². The maximum absolute atomic E-state index is 12.8. The van der Waals surface area contributed by atoms with Crippen LogP contribution in [0.5, 0.6) is 23.0 Å². The van der Waals surface area contributed by atoms with Crippen LogP contribution in [0.1, 0.15) is 79.8 Å². The molecule has 0 aromatic heterocycles. The molecule has 0 atom stereocenters. The van der Waals surface area contributed by atoms with Crippen molar-refractivity contribution in [1.82, 2.24) is 0 Å². The van der Waals surface area contributed by atoms with Gasteiger partial charge in [0.25, 0.3) is 0 Å². The van der Waals surface area contributed by atoms with Crippen molar-refractivity contribution >= 4 is 23.9 Å². The average molecular weight is 907 g/mol. The highest BCUT2D eigenvalue weighted by atomic mass is 16.5. The lowest BCUT2D eigenvalue weighted by Gasteiger charge is -2.10. The number of aryl methyl sites for hydroxylation is 2. The monoisotopic (exact) mass is 906 g/mol. The summed E-state index contributed by atoms with van der Waals surface area (Å²) in [7, 11) is 0.